The lowest BCUT2D eigenvalue weighted by atomic mass is 10.2. The van der Waals surface area contributed by atoms with Gasteiger partial charge in [-0.25, -0.2) is 4.79 Å². The minimum Gasteiger partial charge on any atom is -0.478 e. The zero-order chi connectivity index (χ0) is 11.1. The minimum atomic E-state index is -0.988. The molecular weight excluding hydrogens is 212 g/mol. The Hall–Kier alpha value is -1.88. The normalized spacial score (nSPS) is 8.80. The van der Waals surface area contributed by atoms with Crippen LogP contribution in [0.5, 0.6) is 0 Å². The van der Waals surface area contributed by atoms with Crippen molar-refractivity contribution in [1.29, 1.82) is 0 Å². The number of aromatic nitrogens is 1. The summed E-state index contributed by atoms with van der Waals surface area (Å²) >= 11 is 1.60. The van der Waals surface area contributed by atoms with Gasteiger partial charge in [0.15, 0.2) is 0 Å². The molecule has 0 aliphatic carbocycles. The van der Waals surface area contributed by atoms with Crippen LogP contribution in [0.1, 0.15) is 10.4 Å². The standard InChI is InChI=1S/C7H7NO2.C3H3NS/c8-6-4-2-1-3-5(6)7(9)10;1-2-5-3-4-1/h1-4H,8H2,(H,9,10);1-3H. The molecule has 3 N–H and O–H groups in total. The fraction of sp³-hybridized carbons (Fsp3) is 0. The fourth-order valence-electron chi connectivity index (χ4n) is 0.867. The summed E-state index contributed by atoms with van der Waals surface area (Å²) in [5.41, 5.74) is 7.59. The molecule has 0 radical (unpaired) electrons. The SMILES string of the molecule is Nc1ccccc1C(=O)O.c1cscn1. The smallest absolute Gasteiger partial charge is 0.337 e. The first kappa shape index (κ1) is 11.2. The van der Waals surface area contributed by atoms with E-state index in [0.717, 1.165) is 0 Å². The molecule has 0 unspecified atom stereocenters. The summed E-state index contributed by atoms with van der Waals surface area (Å²) in [4.78, 5) is 14.1. The Kier molecular flexibility index (Phi) is 4.30. The number of nitrogen functional groups attached to an aromatic ring is 1. The summed E-state index contributed by atoms with van der Waals surface area (Å²) in [6.45, 7) is 0. The summed E-state index contributed by atoms with van der Waals surface area (Å²) in [6.07, 6.45) is 1.77. The zero-order valence-electron chi connectivity index (χ0n) is 7.83. The van der Waals surface area contributed by atoms with Gasteiger partial charge in [-0.2, -0.15) is 0 Å². The molecule has 78 valence electrons. The fourth-order valence-corrected chi connectivity index (χ4v) is 1.22. The van der Waals surface area contributed by atoms with Crippen LogP contribution in [0.2, 0.25) is 0 Å². The lowest BCUT2D eigenvalue weighted by Gasteiger charge is -1.96. The van der Waals surface area contributed by atoms with Crippen molar-refractivity contribution in [3.05, 3.63) is 46.9 Å². The van der Waals surface area contributed by atoms with Gasteiger partial charge in [-0.1, -0.05) is 12.1 Å². The molecule has 15 heavy (non-hydrogen) atoms. The van der Waals surface area contributed by atoms with Gasteiger partial charge >= 0.3 is 5.97 Å². The number of thiazole rings is 1. The molecule has 0 aliphatic rings. The number of aromatic carboxylic acids is 1. The number of hydrogen-bond donors (Lipinski definition) is 2. The maximum atomic E-state index is 10.3. The van der Waals surface area contributed by atoms with Crippen LogP contribution in [0.4, 0.5) is 5.69 Å². The van der Waals surface area contributed by atoms with Gasteiger partial charge in [0.05, 0.1) is 11.1 Å². The number of nitrogens with two attached hydrogens (primary N) is 1. The van der Waals surface area contributed by atoms with Gasteiger partial charge in [0, 0.05) is 17.3 Å². The van der Waals surface area contributed by atoms with Crippen molar-refractivity contribution >= 4 is 23.0 Å². The third-order valence-electron chi connectivity index (χ3n) is 1.54. The van der Waals surface area contributed by atoms with Crippen LogP contribution in [0.25, 0.3) is 0 Å². The lowest BCUT2D eigenvalue weighted by molar-refractivity contribution is 0.0698. The van der Waals surface area contributed by atoms with Gasteiger partial charge < -0.3 is 10.8 Å². The van der Waals surface area contributed by atoms with Crippen LogP contribution in [0.15, 0.2) is 41.4 Å². The topological polar surface area (TPSA) is 76.2 Å². The Balaban J connectivity index is 0.000000187. The molecule has 1 aromatic carbocycles. The first-order chi connectivity index (χ1) is 7.22. The number of carboxylic acid groups (broad SMARTS) is 1. The highest BCUT2D eigenvalue weighted by atomic mass is 32.1. The van der Waals surface area contributed by atoms with Crippen LogP contribution in [0, 0.1) is 0 Å². The van der Waals surface area contributed by atoms with Crippen molar-refractivity contribution < 1.29 is 9.90 Å². The Bertz CT molecular complexity index is 398. The van der Waals surface area contributed by atoms with E-state index in [1.54, 1.807) is 41.2 Å². The van der Waals surface area contributed by atoms with Gasteiger partial charge in [0.25, 0.3) is 0 Å². The van der Waals surface area contributed by atoms with Crippen molar-refractivity contribution in [2.75, 3.05) is 5.73 Å². The van der Waals surface area contributed by atoms with Crippen LogP contribution < -0.4 is 5.73 Å². The summed E-state index contributed by atoms with van der Waals surface area (Å²) < 4.78 is 0. The summed E-state index contributed by atoms with van der Waals surface area (Å²) in [5.74, 6) is -0.988. The predicted octanol–water partition coefficient (Wildman–Crippen LogP) is 2.11. The Labute approximate surface area is 91.0 Å². The van der Waals surface area contributed by atoms with Gasteiger partial charge in [0.1, 0.15) is 0 Å². The Morgan fingerprint density at radius 2 is 2.13 bits per heavy atom. The number of para-hydroxylation sites is 1. The first-order valence-corrected chi connectivity index (χ1v) is 5.06. The maximum absolute atomic E-state index is 10.3. The van der Waals surface area contributed by atoms with Crippen LogP contribution in [-0.4, -0.2) is 16.1 Å². The maximum Gasteiger partial charge on any atom is 0.337 e. The van der Waals surface area contributed by atoms with Crippen molar-refractivity contribution in [2.45, 2.75) is 0 Å². The molecule has 4 nitrogen and oxygen atoms in total. The first-order valence-electron chi connectivity index (χ1n) is 4.11. The Morgan fingerprint density at radius 1 is 1.40 bits per heavy atom. The second kappa shape index (κ2) is 5.77. The van der Waals surface area contributed by atoms with Gasteiger partial charge in [-0.15, -0.1) is 11.3 Å². The van der Waals surface area contributed by atoms with E-state index >= 15 is 0 Å². The van der Waals surface area contributed by atoms with Crippen molar-refractivity contribution in [1.82, 2.24) is 4.98 Å². The van der Waals surface area contributed by atoms with E-state index in [4.69, 9.17) is 10.8 Å². The molecule has 0 bridgehead atoms. The molecule has 0 fully saturated rings. The average molecular weight is 222 g/mol. The zero-order valence-corrected chi connectivity index (χ0v) is 8.65. The Morgan fingerprint density at radius 3 is 2.47 bits per heavy atom. The number of hydrogen-bond acceptors (Lipinski definition) is 4. The van der Waals surface area contributed by atoms with Crippen molar-refractivity contribution in [2.24, 2.45) is 0 Å². The van der Waals surface area contributed by atoms with Gasteiger partial charge in [-0.3, -0.25) is 4.98 Å². The molecule has 0 saturated carbocycles. The summed E-state index contributed by atoms with van der Waals surface area (Å²) in [6, 6.07) is 6.36. The quantitative estimate of drug-likeness (QED) is 0.724. The molecule has 5 heteroatoms. The molecule has 0 aliphatic heterocycles. The highest BCUT2D eigenvalue weighted by molar-refractivity contribution is 7.07. The number of anilines is 1. The highest BCUT2D eigenvalue weighted by Crippen LogP contribution is 2.08. The van der Waals surface area contributed by atoms with E-state index in [9.17, 15) is 4.79 Å². The summed E-state index contributed by atoms with van der Waals surface area (Å²) in [7, 11) is 0. The lowest BCUT2D eigenvalue weighted by Crippen LogP contribution is -2.00. The molecule has 2 rings (SSSR count). The monoisotopic (exact) mass is 222 g/mol. The molecule has 2 aromatic rings. The molecule has 0 atom stereocenters. The van der Waals surface area contributed by atoms with Crippen molar-refractivity contribution in [3.63, 3.8) is 0 Å². The second-order valence-electron chi connectivity index (χ2n) is 2.57. The van der Waals surface area contributed by atoms with E-state index in [2.05, 4.69) is 4.98 Å². The molecule has 0 spiro atoms. The number of carbonyl (C=O) groups is 1. The average Bonchev–Trinajstić information content (AvgIpc) is 2.75. The molecule has 0 amide bonds. The van der Waals surface area contributed by atoms with E-state index < -0.39 is 5.97 Å². The van der Waals surface area contributed by atoms with Crippen LogP contribution >= 0.6 is 11.3 Å². The summed E-state index contributed by atoms with van der Waals surface area (Å²) in [5, 5.41) is 10.4. The molecule has 1 aromatic heterocycles. The van der Waals surface area contributed by atoms with Gasteiger partial charge in [-0.05, 0) is 12.1 Å². The van der Waals surface area contributed by atoms with Crippen LogP contribution in [-0.2, 0) is 0 Å². The number of rotatable bonds is 1. The van der Waals surface area contributed by atoms with E-state index in [1.165, 1.54) is 6.07 Å². The second-order valence-corrected chi connectivity index (χ2v) is 3.32. The molecule has 0 saturated heterocycles. The third kappa shape index (κ3) is 3.78. The van der Waals surface area contributed by atoms with Gasteiger partial charge in [0.2, 0.25) is 0 Å². The number of benzene rings is 1. The molecular formula is C10H10N2O2S. The van der Waals surface area contributed by atoms with Crippen LogP contribution in [0.3, 0.4) is 0 Å². The third-order valence-corrected chi connectivity index (χ3v) is 2.06. The van der Waals surface area contributed by atoms with E-state index in [-0.39, 0.29) is 5.56 Å². The molecule has 1 heterocycles. The highest BCUT2D eigenvalue weighted by Gasteiger charge is 2.03. The van der Waals surface area contributed by atoms with E-state index in [0.29, 0.717) is 5.69 Å². The van der Waals surface area contributed by atoms with E-state index in [1.807, 2.05) is 5.38 Å². The van der Waals surface area contributed by atoms with Crippen molar-refractivity contribution in [3.8, 4) is 0 Å². The number of carboxylic acids is 1. The largest absolute Gasteiger partial charge is 0.478 e. The number of nitrogens with zero attached hydrogens (tertiary/aromatic N) is 1. The predicted molar refractivity (Wildman–Crippen MR) is 59.9 cm³/mol. The minimum absolute atomic E-state index is 0.155.